The number of halogens is 2. The molecule has 24 heavy (non-hydrogen) atoms. The minimum Gasteiger partial charge on any atom is -0.312 e. The van der Waals surface area contributed by atoms with Crippen molar-refractivity contribution in [2.24, 2.45) is 0 Å². The molecule has 3 rings (SSSR count). The quantitative estimate of drug-likeness (QED) is 0.904. The molecule has 0 unspecified atom stereocenters. The molecule has 126 valence electrons. The van der Waals surface area contributed by atoms with Crippen LogP contribution in [0.3, 0.4) is 0 Å². The Kier molecular flexibility index (Phi) is 4.23. The SMILES string of the molecule is CC(=O)N1CCc2c(NS(=O)(=O)c3cc(F)ccc3Cl)cccc21. The van der Waals surface area contributed by atoms with Gasteiger partial charge < -0.3 is 4.90 Å². The molecule has 2 aromatic rings. The molecular formula is C16H14ClFN2O3S. The Bertz CT molecular complexity index is 931. The van der Waals surface area contributed by atoms with Crippen LogP contribution >= 0.6 is 11.6 Å². The third-order valence-corrected chi connectivity index (χ3v) is 5.68. The van der Waals surface area contributed by atoms with E-state index in [1.807, 2.05) is 0 Å². The Labute approximate surface area is 144 Å². The second kappa shape index (κ2) is 6.07. The Hall–Kier alpha value is -2.12. The van der Waals surface area contributed by atoms with E-state index in [0.29, 0.717) is 24.3 Å². The van der Waals surface area contributed by atoms with Crippen LogP contribution in [0.25, 0.3) is 0 Å². The van der Waals surface area contributed by atoms with Gasteiger partial charge >= 0.3 is 0 Å². The minimum absolute atomic E-state index is 0.0677. The lowest BCUT2D eigenvalue weighted by molar-refractivity contribution is -0.116. The van der Waals surface area contributed by atoms with E-state index in [-0.39, 0.29) is 15.8 Å². The molecule has 0 atom stereocenters. The van der Waals surface area contributed by atoms with E-state index >= 15 is 0 Å². The Morgan fingerprint density at radius 2 is 2.04 bits per heavy atom. The minimum atomic E-state index is -4.05. The predicted molar refractivity (Wildman–Crippen MR) is 90.4 cm³/mol. The van der Waals surface area contributed by atoms with Crippen LogP contribution in [0.15, 0.2) is 41.3 Å². The van der Waals surface area contributed by atoms with Crippen LogP contribution < -0.4 is 9.62 Å². The zero-order valence-electron chi connectivity index (χ0n) is 12.7. The van der Waals surface area contributed by atoms with Gasteiger partial charge in [-0.15, -0.1) is 0 Å². The lowest BCUT2D eigenvalue weighted by Crippen LogP contribution is -2.25. The van der Waals surface area contributed by atoms with Crippen molar-refractivity contribution < 1.29 is 17.6 Å². The van der Waals surface area contributed by atoms with Crippen molar-refractivity contribution >= 4 is 38.9 Å². The van der Waals surface area contributed by atoms with Crippen LogP contribution in [0.2, 0.25) is 5.02 Å². The lowest BCUT2D eigenvalue weighted by Gasteiger charge is -2.16. The highest BCUT2D eigenvalue weighted by Crippen LogP contribution is 2.35. The lowest BCUT2D eigenvalue weighted by atomic mass is 10.1. The van der Waals surface area contributed by atoms with Gasteiger partial charge in [0.15, 0.2) is 0 Å². The van der Waals surface area contributed by atoms with Gasteiger partial charge in [-0.2, -0.15) is 0 Å². The number of nitrogens with one attached hydrogen (secondary N) is 1. The van der Waals surface area contributed by atoms with Crippen molar-refractivity contribution in [1.82, 2.24) is 0 Å². The van der Waals surface area contributed by atoms with Crippen LogP contribution in [0.5, 0.6) is 0 Å². The maximum absolute atomic E-state index is 13.4. The van der Waals surface area contributed by atoms with Gasteiger partial charge in [-0.1, -0.05) is 17.7 Å². The summed E-state index contributed by atoms with van der Waals surface area (Å²) in [5.74, 6) is -0.803. The van der Waals surface area contributed by atoms with Gasteiger partial charge in [0.05, 0.1) is 10.7 Å². The standard InChI is InChI=1S/C16H14ClFN2O3S/c1-10(21)20-8-7-12-14(3-2-4-15(12)20)19-24(22,23)16-9-11(18)5-6-13(16)17/h2-6,9,19H,7-8H2,1H3. The van der Waals surface area contributed by atoms with Crippen LogP contribution in [-0.4, -0.2) is 20.9 Å². The van der Waals surface area contributed by atoms with Gasteiger partial charge in [0.1, 0.15) is 10.7 Å². The number of hydrogen-bond acceptors (Lipinski definition) is 3. The molecule has 1 amide bonds. The zero-order valence-corrected chi connectivity index (χ0v) is 14.3. The Balaban J connectivity index is 2.01. The van der Waals surface area contributed by atoms with E-state index in [1.165, 1.54) is 13.0 Å². The summed E-state index contributed by atoms with van der Waals surface area (Å²) in [7, 11) is -4.05. The predicted octanol–water partition coefficient (Wildman–Crippen LogP) is 3.19. The largest absolute Gasteiger partial charge is 0.312 e. The fraction of sp³-hybridized carbons (Fsp3) is 0.188. The van der Waals surface area contributed by atoms with Crippen LogP contribution in [-0.2, 0) is 21.2 Å². The van der Waals surface area contributed by atoms with Gasteiger partial charge in [0.2, 0.25) is 5.91 Å². The number of sulfonamides is 1. The third-order valence-electron chi connectivity index (χ3n) is 3.83. The smallest absolute Gasteiger partial charge is 0.263 e. The highest BCUT2D eigenvalue weighted by atomic mass is 35.5. The first-order valence-corrected chi connectivity index (χ1v) is 9.03. The number of amides is 1. The Morgan fingerprint density at radius 3 is 2.75 bits per heavy atom. The first-order chi connectivity index (χ1) is 11.3. The van der Waals surface area contributed by atoms with Crippen LogP contribution in [0.1, 0.15) is 12.5 Å². The molecule has 0 fully saturated rings. The molecular weight excluding hydrogens is 355 g/mol. The van der Waals surface area contributed by atoms with Crippen molar-refractivity contribution in [3.8, 4) is 0 Å². The number of carbonyl (C=O) groups excluding carboxylic acids is 1. The van der Waals surface area contributed by atoms with Gasteiger partial charge in [-0.25, -0.2) is 12.8 Å². The molecule has 1 heterocycles. The number of nitrogens with zero attached hydrogens (tertiary/aromatic N) is 1. The van der Waals surface area contributed by atoms with Gasteiger partial charge in [0, 0.05) is 24.7 Å². The summed E-state index contributed by atoms with van der Waals surface area (Å²) in [6.07, 6.45) is 0.532. The van der Waals surface area contributed by atoms with Crippen LogP contribution in [0, 0.1) is 5.82 Å². The highest BCUT2D eigenvalue weighted by molar-refractivity contribution is 7.92. The van der Waals surface area contributed by atoms with E-state index in [1.54, 1.807) is 23.1 Å². The highest BCUT2D eigenvalue weighted by Gasteiger charge is 2.27. The van der Waals surface area contributed by atoms with Gasteiger partial charge in [0.25, 0.3) is 10.0 Å². The topological polar surface area (TPSA) is 66.5 Å². The molecule has 0 spiro atoms. The summed E-state index contributed by atoms with van der Waals surface area (Å²) in [5.41, 5.74) is 1.76. The summed E-state index contributed by atoms with van der Waals surface area (Å²) in [6.45, 7) is 1.95. The normalized spacial score (nSPS) is 13.7. The average molecular weight is 369 g/mol. The molecule has 1 aliphatic heterocycles. The number of hydrogen-bond donors (Lipinski definition) is 1. The van der Waals surface area contributed by atoms with E-state index in [4.69, 9.17) is 11.6 Å². The number of anilines is 2. The number of fused-ring (bicyclic) bond motifs is 1. The zero-order chi connectivity index (χ0) is 17.5. The second-order valence-electron chi connectivity index (χ2n) is 5.40. The Morgan fingerprint density at radius 1 is 1.29 bits per heavy atom. The summed E-state index contributed by atoms with van der Waals surface area (Å²) < 4.78 is 40.9. The monoisotopic (exact) mass is 368 g/mol. The maximum Gasteiger partial charge on any atom is 0.263 e. The van der Waals surface area contributed by atoms with Crippen molar-refractivity contribution in [2.75, 3.05) is 16.2 Å². The first-order valence-electron chi connectivity index (χ1n) is 7.17. The van der Waals surface area contributed by atoms with Gasteiger partial charge in [-0.05, 0) is 36.8 Å². The molecule has 1 aliphatic rings. The number of rotatable bonds is 3. The molecule has 0 radical (unpaired) electrons. The third kappa shape index (κ3) is 2.97. The molecule has 1 N–H and O–H groups in total. The molecule has 5 nitrogen and oxygen atoms in total. The van der Waals surface area contributed by atoms with E-state index in [0.717, 1.165) is 17.7 Å². The maximum atomic E-state index is 13.4. The van der Waals surface area contributed by atoms with Crippen molar-refractivity contribution in [3.05, 3.63) is 52.8 Å². The van der Waals surface area contributed by atoms with E-state index in [2.05, 4.69) is 4.72 Å². The van der Waals surface area contributed by atoms with Gasteiger partial charge in [-0.3, -0.25) is 9.52 Å². The van der Waals surface area contributed by atoms with Crippen molar-refractivity contribution in [2.45, 2.75) is 18.2 Å². The summed E-state index contributed by atoms with van der Waals surface area (Å²) in [6, 6.07) is 8.18. The second-order valence-corrected chi connectivity index (χ2v) is 7.46. The fourth-order valence-corrected chi connectivity index (χ4v) is 4.35. The van der Waals surface area contributed by atoms with Crippen molar-refractivity contribution in [3.63, 3.8) is 0 Å². The number of benzene rings is 2. The molecule has 0 aliphatic carbocycles. The molecule has 0 aromatic heterocycles. The molecule has 0 saturated carbocycles. The fourth-order valence-electron chi connectivity index (χ4n) is 2.74. The first kappa shape index (κ1) is 16.7. The van der Waals surface area contributed by atoms with Crippen LogP contribution in [0.4, 0.5) is 15.8 Å². The molecule has 8 heteroatoms. The molecule has 0 saturated heterocycles. The summed E-state index contributed by atoms with van der Waals surface area (Å²) >= 11 is 5.89. The van der Waals surface area contributed by atoms with Crippen molar-refractivity contribution in [1.29, 1.82) is 0 Å². The summed E-state index contributed by atoms with van der Waals surface area (Å²) in [5, 5.41) is -0.0677. The van der Waals surface area contributed by atoms with E-state index < -0.39 is 15.8 Å². The van der Waals surface area contributed by atoms with E-state index in [9.17, 15) is 17.6 Å². The average Bonchev–Trinajstić information content (AvgIpc) is 2.94. The summed E-state index contributed by atoms with van der Waals surface area (Å²) in [4.78, 5) is 12.9. The molecule has 0 bridgehead atoms. The molecule has 2 aromatic carbocycles. The number of carbonyl (C=O) groups is 1.